The summed E-state index contributed by atoms with van der Waals surface area (Å²) in [7, 11) is 0. The van der Waals surface area contributed by atoms with Crippen LogP contribution in [0.15, 0.2) is 54.6 Å². The van der Waals surface area contributed by atoms with Gasteiger partial charge >= 0.3 is 0 Å². The second-order valence-electron chi connectivity index (χ2n) is 8.52. The molecule has 2 heterocycles. The Kier molecular flexibility index (Phi) is 4.58. The first kappa shape index (κ1) is 19.2. The Morgan fingerprint density at radius 1 is 1.10 bits per heavy atom. The van der Waals surface area contributed by atoms with Crippen LogP contribution in [0.3, 0.4) is 0 Å². The van der Waals surface area contributed by atoms with E-state index >= 15 is 0 Å². The number of nitrogens with zero attached hydrogens (tertiary/aromatic N) is 2. The Bertz CT molecular complexity index is 1150. The summed E-state index contributed by atoms with van der Waals surface area (Å²) in [5.74, 6) is -0.310. The van der Waals surface area contributed by atoms with Gasteiger partial charge in [-0.2, -0.15) is 0 Å². The Morgan fingerprint density at radius 3 is 2.63 bits per heavy atom. The maximum absolute atomic E-state index is 13.7. The quantitative estimate of drug-likeness (QED) is 0.662. The van der Waals surface area contributed by atoms with Gasteiger partial charge in [-0.1, -0.05) is 48.7 Å². The minimum absolute atomic E-state index is 0.119. The summed E-state index contributed by atoms with van der Waals surface area (Å²) >= 11 is 6.24. The van der Waals surface area contributed by atoms with Crippen LogP contribution in [0, 0.1) is 0 Å². The molecule has 0 spiro atoms. The van der Waals surface area contributed by atoms with Crippen molar-refractivity contribution in [3.63, 3.8) is 0 Å². The van der Waals surface area contributed by atoms with Gasteiger partial charge in [-0.3, -0.25) is 14.5 Å². The number of hydrogen-bond donors (Lipinski definition) is 1. The van der Waals surface area contributed by atoms with Crippen LogP contribution < -0.4 is 10.2 Å². The normalized spacial score (nSPS) is 21.8. The number of fused-ring (bicyclic) bond motifs is 3. The van der Waals surface area contributed by atoms with Crippen LogP contribution in [0.5, 0.6) is 0 Å². The topological polar surface area (TPSA) is 54.3 Å². The fraction of sp³-hybridized carbons (Fsp3) is 0.333. The molecule has 1 aliphatic heterocycles. The summed E-state index contributed by atoms with van der Waals surface area (Å²) in [5.41, 5.74) is 1.11. The zero-order chi connectivity index (χ0) is 20.9. The number of halogens is 1. The van der Waals surface area contributed by atoms with Gasteiger partial charge in [0.05, 0.1) is 6.54 Å². The summed E-state index contributed by atoms with van der Waals surface area (Å²) < 4.78 is 1.98. The number of nitrogens with one attached hydrogen (secondary N) is 1. The molecule has 1 aromatic heterocycles. The number of para-hydroxylation sites is 1. The SMILES string of the molecule is CC1(C(=O)NC2CCCC2)Cn2c(cc3ccccc32)C(=O)N1c1cccc(Cl)c1. The van der Waals surface area contributed by atoms with E-state index in [2.05, 4.69) is 5.32 Å². The molecule has 6 heteroatoms. The van der Waals surface area contributed by atoms with Gasteiger partial charge in [0.15, 0.2) is 0 Å². The molecule has 1 atom stereocenters. The van der Waals surface area contributed by atoms with Crippen LogP contribution in [0.2, 0.25) is 5.02 Å². The highest BCUT2D eigenvalue weighted by Gasteiger charge is 2.49. The van der Waals surface area contributed by atoms with E-state index in [1.807, 2.05) is 54.0 Å². The molecule has 0 saturated heterocycles. The Hall–Kier alpha value is -2.79. The predicted molar refractivity (Wildman–Crippen MR) is 119 cm³/mol. The molecule has 3 aromatic rings. The number of amides is 2. The third-order valence-corrected chi connectivity index (χ3v) is 6.67. The maximum Gasteiger partial charge on any atom is 0.275 e. The molecule has 2 aromatic carbocycles. The lowest BCUT2D eigenvalue weighted by molar-refractivity contribution is -0.127. The van der Waals surface area contributed by atoms with E-state index in [4.69, 9.17) is 11.6 Å². The number of benzene rings is 2. The highest BCUT2D eigenvalue weighted by molar-refractivity contribution is 6.31. The minimum atomic E-state index is -1.07. The second-order valence-corrected chi connectivity index (χ2v) is 8.96. The predicted octanol–water partition coefficient (Wildman–Crippen LogP) is 4.77. The van der Waals surface area contributed by atoms with Crippen molar-refractivity contribution in [1.29, 1.82) is 0 Å². The van der Waals surface area contributed by atoms with Crippen molar-refractivity contribution in [3.05, 3.63) is 65.3 Å². The summed E-state index contributed by atoms with van der Waals surface area (Å²) in [5, 5.41) is 4.74. The molecule has 5 nitrogen and oxygen atoms in total. The largest absolute Gasteiger partial charge is 0.351 e. The molecule has 2 amide bonds. The number of aromatic nitrogens is 1. The van der Waals surface area contributed by atoms with Crippen molar-refractivity contribution < 1.29 is 9.59 Å². The van der Waals surface area contributed by atoms with Gasteiger partial charge in [-0.05, 0) is 50.1 Å². The first-order chi connectivity index (χ1) is 14.5. The third kappa shape index (κ3) is 3.00. The van der Waals surface area contributed by atoms with Crippen LogP contribution in [0.1, 0.15) is 43.1 Å². The van der Waals surface area contributed by atoms with Crippen LogP contribution in [-0.4, -0.2) is 28.0 Å². The van der Waals surface area contributed by atoms with Crippen molar-refractivity contribution in [1.82, 2.24) is 9.88 Å². The zero-order valence-electron chi connectivity index (χ0n) is 16.9. The van der Waals surface area contributed by atoms with Gasteiger partial charge in [0.2, 0.25) is 5.91 Å². The summed E-state index contributed by atoms with van der Waals surface area (Å²) in [6.45, 7) is 2.24. The van der Waals surface area contributed by atoms with Crippen molar-refractivity contribution in [2.45, 2.75) is 50.7 Å². The van der Waals surface area contributed by atoms with Gasteiger partial charge in [-0.25, -0.2) is 0 Å². The van der Waals surface area contributed by atoms with Crippen molar-refractivity contribution in [3.8, 4) is 0 Å². The van der Waals surface area contributed by atoms with Crippen LogP contribution in [0.4, 0.5) is 5.69 Å². The van der Waals surface area contributed by atoms with Crippen LogP contribution >= 0.6 is 11.6 Å². The van der Waals surface area contributed by atoms with E-state index < -0.39 is 5.54 Å². The molecular weight excluding hydrogens is 398 g/mol. The first-order valence-corrected chi connectivity index (χ1v) is 10.8. The summed E-state index contributed by atoms with van der Waals surface area (Å²) in [6, 6.07) is 17.2. The number of hydrogen-bond acceptors (Lipinski definition) is 2. The average molecular weight is 422 g/mol. The van der Waals surface area contributed by atoms with E-state index in [-0.39, 0.29) is 17.9 Å². The maximum atomic E-state index is 13.7. The molecule has 2 aliphatic rings. The van der Waals surface area contributed by atoms with Gasteiger partial charge in [-0.15, -0.1) is 0 Å². The van der Waals surface area contributed by atoms with Crippen molar-refractivity contribution >= 4 is 40.0 Å². The molecule has 1 N–H and O–H groups in total. The van der Waals surface area contributed by atoms with Gasteiger partial charge < -0.3 is 9.88 Å². The number of carbonyl (C=O) groups is 2. The fourth-order valence-electron chi connectivity index (χ4n) is 4.88. The summed E-state index contributed by atoms with van der Waals surface area (Å²) in [6.07, 6.45) is 4.24. The fourth-order valence-corrected chi connectivity index (χ4v) is 5.06. The molecule has 30 heavy (non-hydrogen) atoms. The van der Waals surface area contributed by atoms with E-state index in [0.29, 0.717) is 22.9 Å². The molecule has 1 saturated carbocycles. The molecule has 0 bridgehead atoms. The van der Waals surface area contributed by atoms with Gasteiger partial charge in [0, 0.05) is 27.7 Å². The monoisotopic (exact) mass is 421 g/mol. The molecule has 1 fully saturated rings. The van der Waals surface area contributed by atoms with E-state index in [9.17, 15) is 9.59 Å². The highest BCUT2D eigenvalue weighted by atomic mass is 35.5. The van der Waals surface area contributed by atoms with Crippen molar-refractivity contribution in [2.75, 3.05) is 4.90 Å². The summed E-state index contributed by atoms with van der Waals surface area (Å²) in [4.78, 5) is 29.0. The van der Waals surface area contributed by atoms with Crippen molar-refractivity contribution in [2.24, 2.45) is 0 Å². The average Bonchev–Trinajstić information content (AvgIpc) is 3.36. The van der Waals surface area contributed by atoms with E-state index in [1.165, 1.54) is 0 Å². The second kappa shape index (κ2) is 7.17. The van der Waals surface area contributed by atoms with Gasteiger partial charge in [0.1, 0.15) is 11.2 Å². The molecular formula is C24H24ClN3O2. The lowest BCUT2D eigenvalue weighted by Gasteiger charge is -2.44. The molecule has 154 valence electrons. The zero-order valence-corrected chi connectivity index (χ0v) is 17.7. The smallest absolute Gasteiger partial charge is 0.275 e. The Balaban J connectivity index is 1.65. The number of anilines is 1. The van der Waals surface area contributed by atoms with Crippen LogP contribution in [0.25, 0.3) is 10.9 Å². The minimum Gasteiger partial charge on any atom is -0.351 e. The number of rotatable bonds is 3. The third-order valence-electron chi connectivity index (χ3n) is 6.44. The Morgan fingerprint density at radius 2 is 1.87 bits per heavy atom. The number of carbonyl (C=O) groups excluding carboxylic acids is 2. The first-order valence-electron chi connectivity index (χ1n) is 10.5. The molecule has 0 radical (unpaired) electrons. The lowest BCUT2D eigenvalue weighted by atomic mass is 9.93. The van der Waals surface area contributed by atoms with E-state index in [1.54, 1.807) is 17.0 Å². The van der Waals surface area contributed by atoms with Gasteiger partial charge in [0.25, 0.3) is 5.91 Å². The highest BCUT2D eigenvalue weighted by Crippen LogP contribution is 2.37. The molecule has 5 rings (SSSR count). The van der Waals surface area contributed by atoms with E-state index in [0.717, 1.165) is 36.6 Å². The standard InChI is InChI=1S/C24H24ClN3O2/c1-24(23(30)26-18-9-3-4-10-18)15-27-20-12-5-2-7-16(20)13-21(27)22(29)28(24)19-11-6-8-17(25)14-19/h2,5-8,11-14,18H,3-4,9-10,15H2,1H3,(H,26,30). The lowest BCUT2D eigenvalue weighted by Crippen LogP contribution is -2.65. The van der Waals surface area contributed by atoms with Crippen LogP contribution in [-0.2, 0) is 11.3 Å². The molecule has 1 aliphatic carbocycles. The molecule has 1 unspecified atom stereocenters. The Labute approximate surface area is 180 Å².